The van der Waals surface area contributed by atoms with Gasteiger partial charge in [-0.1, -0.05) is 0 Å². The molecule has 1 aliphatic rings. The van der Waals surface area contributed by atoms with E-state index in [1.807, 2.05) is 13.8 Å². The number of alkyl halides is 3. The number of carbonyl (C=O) groups excluding carboxylic acids is 2. The molecule has 8 nitrogen and oxygen atoms in total. The number of benzene rings is 1. The Labute approximate surface area is 209 Å². The van der Waals surface area contributed by atoms with Gasteiger partial charge >= 0.3 is 6.18 Å². The minimum Gasteiger partial charge on any atom is -0.377 e. The number of aromatic nitrogens is 3. The Morgan fingerprint density at radius 2 is 1.83 bits per heavy atom. The summed E-state index contributed by atoms with van der Waals surface area (Å²) in [6.45, 7) is 6.71. The fraction of sp³-hybridized carbons (Fsp3) is 0.375. The third-order valence-corrected chi connectivity index (χ3v) is 6.67. The van der Waals surface area contributed by atoms with Crippen LogP contribution in [0.25, 0.3) is 10.6 Å². The first-order chi connectivity index (χ1) is 17.0. The molecule has 36 heavy (non-hydrogen) atoms. The van der Waals surface area contributed by atoms with E-state index in [2.05, 4.69) is 20.3 Å². The molecule has 1 N–H and O–H groups in total. The molecule has 1 aromatic carbocycles. The van der Waals surface area contributed by atoms with Crippen LogP contribution in [0, 0.1) is 6.92 Å². The van der Waals surface area contributed by atoms with Crippen LogP contribution >= 0.6 is 11.3 Å². The summed E-state index contributed by atoms with van der Waals surface area (Å²) >= 11 is 1.44. The lowest BCUT2D eigenvalue weighted by atomic mass is 10.0. The van der Waals surface area contributed by atoms with E-state index in [0.717, 1.165) is 17.3 Å². The summed E-state index contributed by atoms with van der Waals surface area (Å²) in [5.74, 6) is -1.97. The SMILES string of the molecule is Cc1cnc(-c2cc(C(=O)N[C@H](C)c3cnc(C(F)(F)F)nc3)cc(C(=O)N3CCOC[C@@H]3C)c2)s1. The van der Waals surface area contributed by atoms with E-state index in [1.165, 1.54) is 17.4 Å². The number of carbonyl (C=O) groups is 2. The molecule has 0 spiro atoms. The molecule has 190 valence electrons. The van der Waals surface area contributed by atoms with Crippen molar-refractivity contribution in [3.63, 3.8) is 0 Å². The number of hydrogen-bond donors (Lipinski definition) is 1. The minimum absolute atomic E-state index is 0.117. The predicted octanol–water partition coefficient (Wildman–Crippen LogP) is 4.28. The minimum atomic E-state index is -4.65. The van der Waals surface area contributed by atoms with Gasteiger partial charge in [0.2, 0.25) is 5.82 Å². The van der Waals surface area contributed by atoms with Crippen molar-refractivity contribution in [3.8, 4) is 10.6 Å². The van der Waals surface area contributed by atoms with Gasteiger partial charge in [0, 0.05) is 52.3 Å². The van der Waals surface area contributed by atoms with Crippen LogP contribution in [-0.4, -0.2) is 57.5 Å². The lowest BCUT2D eigenvalue weighted by molar-refractivity contribution is -0.145. The highest BCUT2D eigenvalue weighted by molar-refractivity contribution is 7.14. The standard InChI is InChI=1S/C24H24F3N5O3S/c1-13-12-35-5-4-32(13)22(34)18-7-16(6-17(8-18)21-28-9-14(2)36-21)20(33)31-15(3)19-10-29-23(30-11-19)24(25,26)27/h6-11,13,15H,4-5,12H2,1-3H3,(H,31,33)/t13-,15+/m0/s1. The van der Waals surface area contributed by atoms with Crippen molar-refractivity contribution in [2.75, 3.05) is 19.8 Å². The van der Waals surface area contributed by atoms with E-state index in [-0.39, 0.29) is 17.5 Å². The zero-order chi connectivity index (χ0) is 26.0. The Morgan fingerprint density at radius 1 is 1.14 bits per heavy atom. The van der Waals surface area contributed by atoms with Gasteiger partial charge < -0.3 is 15.0 Å². The maximum atomic E-state index is 13.3. The molecule has 0 saturated carbocycles. The number of amides is 2. The fourth-order valence-electron chi connectivity index (χ4n) is 3.76. The van der Waals surface area contributed by atoms with Crippen LogP contribution in [0.15, 0.2) is 36.8 Å². The summed E-state index contributed by atoms with van der Waals surface area (Å²) in [5, 5.41) is 3.41. The number of nitrogens with one attached hydrogen (secondary N) is 1. The Hall–Kier alpha value is -3.38. The first-order valence-corrected chi connectivity index (χ1v) is 12.0. The average molecular weight is 520 g/mol. The molecule has 0 aliphatic carbocycles. The zero-order valence-electron chi connectivity index (χ0n) is 19.8. The van der Waals surface area contributed by atoms with Crippen molar-refractivity contribution < 1.29 is 27.5 Å². The molecule has 2 atom stereocenters. The molecule has 12 heteroatoms. The van der Waals surface area contributed by atoms with Gasteiger partial charge in [0.15, 0.2) is 0 Å². The van der Waals surface area contributed by atoms with Crippen LogP contribution in [0.4, 0.5) is 13.2 Å². The molecule has 0 bridgehead atoms. The number of thiazole rings is 1. The van der Waals surface area contributed by atoms with Crippen LogP contribution in [0.1, 0.15) is 56.9 Å². The van der Waals surface area contributed by atoms with Crippen molar-refractivity contribution >= 4 is 23.2 Å². The van der Waals surface area contributed by atoms with E-state index in [4.69, 9.17) is 4.74 Å². The highest BCUT2D eigenvalue weighted by Gasteiger charge is 2.34. The second-order valence-corrected chi connectivity index (χ2v) is 9.77. The summed E-state index contributed by atoms with van der Waals surface area (Å²) in [6.07, 6.45) is -0.875. The number of ether oxygens (including phenoxy) is 1. The van der Waals surface area contributed by atoms with Gasteiger partial charge in [0.25, 0.3) is 11.8 Å². The van der Waals surface area contributed by atoms with Gasteiger partial charge in [0.1, 0.15) is 5.01 Å². The van der Waals surface area contributed by atoms with Crippen molar-refractivity contribution in [2.45, 2.75) is 39.0 Å². The lowest BCUT2D eigenvalue weighted by Gasteiger charge is -2.33. The molecule has 0 unspecified atom stereocenters. The summed E-state index contributed by atoms with van der Waals surface area (Å²) < 4.78 is 43.7. The maximum absolute atomic E-state index is 13.3. The summed E-state index contributed by atoms with van der Waals surface area (Å²) in [5.41, 5.74) is 1.49. The van der Waals surface area contributed by atoms with Gasteiger partial charge in [-0.3, -0.25) is 9.59 Å². The Kier molecular flexibility index (Phi) is 7.36. The molecule has 1 fully saturated rings. The van der Waals surface area contributed by atoms with Crippen LogP contribution in [0.5, 0.6) is 0 Å². The normalized spacial score (nSPS) is 17.1. The predicted molar refractivity (Wildman–Crippen MR) is 127 cm³/mol. The first kappa shape index (κ1) is 25.7. The Bertz CT molecular complexity index is 1260. The largest absolute Gasteiger partial charge is 0.451 e. The molecule has 1 saturated heterocycles. The smallest absolute Gasteiger partial charge is 0.377 e. The number of hydrogen-bond acceptors (Lipinski definition) is 7. The topological polar surface area (TPSA) is 97.3 Å². The summed E-state index contributed by atoms with van der Waals surface area (Å²) in [4.78, 5) is 40.3. The van der Waals surface area contributed by atoms with Crippen molar-refractivity contribution in [3.05, 3.63) is 64.2 Å². The maximum Gasteiger partial charge on any atom is 0.451 e. The third kappa shape index (κ3) is 5.71. The van der Waals surface area contributed by atoms with E-state index in [9.17, 15) is 22.8 Å². The van der Waals surface area contributed by atoms with Crippen LogP contribution in [0.2, 0.25) is 0 Å². The molecule has 1 aliphatic heterocycles. The van der Waals surface area contributed by atoms with E-state index in [1.54, 1.807) is 30.2 Å². The Balaban J connectivity index is 1.62. The van der Waals surface area contributed by atoms with E-state index in [0.29, 0.717) is 41.5 Å². The van der Waals surface area contributed by atoms with E-state index < -0.39 is 23.9 Å². The molecule has 2 amide bonds. The first-order valence-electron chi connectivity index (χ1n) is 11.2. The second-order valence-electron chi connectivity index (χ2n) is 8.53. The summed E-state index contributed by atoms with van der Waals surface area (Å²) in [7, 11) is 0. The number of aryl methyl sites for hydroxylation is 1. The molecule has 2 aromatic heterocycles. The monoisotopic (exact) mass is 519 g/mol. The number of halogens is 3. The second kappa shape index (κ2) is 10.3. The summed E-state index contributed by atoms with van der Waals surface area (Å²) in [6, 6.07) is 4.08. The van der Waals surface area contributed by atoms with Gasteiger partial charge in [-0.25, -0.2) is 15.0 Å². The van der Waals surface area contributed by atoms with Crippen LogP contribution in [-0.2, 0) is 10.9 Å². The van der Waals surface area contributed by atoms with Crippen molar-refractivity contribution in [1.29, 1.82) is 0 Å². The molecular formula is C24H24F3N5O3S. The van der Waals surface area contributed by atoms with Gasteiger partial charge in [-0.05, 0) is 39.0 Å². The molecule has 0 radical (unpaired) electrons. The van der Waals surface area contributed by atoms with Gasteiger partial charge in [-0.15, -0.1) is 11.3 Å². The van der Waals surface area contributed by atoms with Gasteiger partial charge in [-0.2, -0.15) is 13.2 Å². The van der Waals surface area contributed by atoms with Crippen LogP contribution in [0.3, 0.4) is 0 Å². The third-order valence-electron chi connectivity index (χ3n) is 5.71. The quantitative estimate of drug-likeness (QED) is 0.541. The number of morpholine rings is 1. The molecular weight excluding hydrogens is 495 g/mol. The zero-order valence-corrected chi connectivity index (χ0v) is 20.6. The molecule has 4 rings (SSSR count). The Morgan fingerprint density at radius 3 is 2.44 bits per heavy atom. The highest BCUT2D eigenvalue weighted by Crippen LogP contribution is 2.29. The average Bonchev–Trinajstić information content (AvgIpc) is 3.29. The van der Waals surface area contributed by atoms with E-state index >= 15 is 0 Å². The number of nitrogens with zero attached hydrogens (tertiary/aromatic N) is 4. The van der Waals surface area contributed by atoms with Crippen molar-refractivity contribution in [1.82, 2.24) is 25.2 Å². The highest BCUT2D eigenvalue weighted by atomic mass is 32.1. The molecule has 3 aromatic rings. The van der Waals surface area contributed by atoms with Crippen molar-refractivity contribution in [2.24, 2.45) is 0 Å². The van der Waals surface area contributed by atoms with Crippen LogP contribution < -0.4 is 5.32 Å². The number of rotatable bonds is 5. The molecule has 3 heterocycles. The van der Waals surface area contributed by atoms with Gasteiger partial charge in [0.05, 0.1) is 25.3 Å². The fourth-order valence-corrected chi connectivity index (χ4v) is 4.51. The lowest BCUT2D eigenvalue weighted by Crippen LogP contribution is -2.47.